The molecule has 2 N–H and O–H groups in total. The maximum absolute atomic E-state index is 10.2. The number of aliphatic hydroxyl groups is 1. The van der Waals surface area contributed by atoms with Crippen molar-refractivity contribution in [2.24, 2.45) is 7.05 Å². The highest BCUT2D eigenvalue weighted by Gasteiger charge is 2.16. The van der Waals surface area contributed by atoms with E-state index in [1.165, 1.54) is 0 Å². The minimum Gasteiger partial charge on any atom is -0.387 e. The summed E-state index contributed by atoms with van der Waals surface area (Å²) < 4.78 is 2.04. The fourth-order valence-corrected chi connectivity index (χ4v) is 2.83. The fourth-order valence-electron chi connectivity index (χ4n) is 2.66. The fraction of sp³-hybridized carbons (Fsp3) is 0.294. The zero-order valence-electron chi connectivity index (χ0n) is 13.1. The Labute approximate surface area is 140 Å². The third-order valence-corrected chi connectivity index (χ3v) is 4.21. The molecule has 0 amide bonds. The van der Waals surface area contributed by atoms with Crippen molar-refractivity contribution in [1.29, 1.82) is 0 Å². The molecule has 0 bridgehead atoms. The zero-order chi connectivity index (χ0) is 16.4. The molecule has 2 unspecified atom stereocenters. The molecule has 2 atom stereocenters. The van der Waals surface area contributed by atoms with Gasteiger partial charge in [-0.15, -0.1) is 0 Å². The first kappa shape index (κ1) is 15.9. The maximum atomic E-state index is 10.2. The van der Waals surface area contributed by atoms with E-state index in [-0.39, 0.29) is 6.04 Å². The number of halogens is 1. The van der Waals surface area contributed by atoms with E-state index >= 15 is 0 Å². The Morgan fingerprint density at radius 3 is 2.74 bits per heavy atom. The second-order valence-corrected chi connectivity index (χ2v) is 6.02. The summed E-state index contributed by atoms with van der Waals surface area (Å²) in [5.74, 6) is 0.907. The second kappa shape index (κ2) is 6.66. The average molecular weight is 331 g/mol. The number of fused-ring (bicyclic) bond motifs is 1. The Balaban J connectivity index is 1.73. The molecule has 0 aliphatic rings. The third kappa shape index (κ3) is 3.37. The normalized spacial score (nSPS) is 14.1. The van der Waals surface area contributed by atoms with Gasteiger partial charge in [0.25, 0.3) is 0 Å². The summed E-state index contributed by atoms with van der Waals surface area (Å²) in [5.41, 5.74) is 2.75. The number of pyridine rings is 1. The number of hydrogen-bond donors (Lipinski definition) is 2. The van der Waals surface area contributed by atoms with Crippen molar-refractivity contribution in [1.82, 2.24) is 19.9 Å². The number of imidazole rings is 1. The Morgan fingerprint density at radius 2 is 2.00 bits per heavy atom. The van der Waals surface area contributed by atoms with Crippen molar-refractivity contribution in [3.8, 4) is 0 Å². The molecule has 3 rings (SSSR count). The van der Waals surface area contributed by atoms with Crippen LogP contribution in [0.1, 0.15) is 30.5 Å². The second-order valence-electron chi connectivity index (χ2n) is 5.59. The number of benzene rings is 1. The summed E-state index contributed by atoms with van der Waals surface area (Å²) in [6.45, 7) is 2.47. The SMILES string of the molecule is CC(NCC(O)c1ccncc1)c1nc2cc(Cl)ccc2n1C. The number of nitrogens with zero attached hydrogens (tertiary/aromatic N) is 3. The minimum atomic E-state index is -0.579. The molecule has 0 spiro atoms. The Kier molecular flexibility index (Phi) is 4.61. The van der Waals surface area contributed by atoms with Crippen molar-refractivity contribution in [2.75, 3.05) is 6.54 Å². The number of aliphatic hydroxyl groups excluding tert-OH is 1. The molecule has 2 aromatic heterocycles. The molecule has 0 fully saturated rings. The van der Waals surface area contributed by atoms with E-state index in [1.807, 2.05) is 48.9 Å². The van der Waals surface area contributed by atoms with E-state index in [9.17, 15) is 5.11 Å². The van der Waals surface area contributed by atoms with Crippen LogP contribution >= 0.6 is 11.6 Å². The molecular weight excluding hydrogens is 312 g/mol. The van der Waals surface area contributed by atoms with E-state index in [0.29, 0.717) is 11.6 Å². The first-order chi connectivity index (χ1) is 11.1. The van der Waals surface area contributed by atoms with Crippen LogP contribution in [0.15, 0.2) is 42.7 Å². The summed E-state index contributed by atoms with van der Waals surface area (Å²) in [7, 11) is 1.98. The van der Waals surface area contributed by atoms with Gasteiger partial charge in [-0.3, -0.25) is 4.98 Å². The number of rotatable bonds is 5. The van der Waals surface area contributed by atoms with Crippen LogP contribution in [-0.4, -0.2) is 26.2 Å². The highest BCUT2D eigenvalue weighted by atomic mass is 35.5. The Bertz CT molecular complexity index is 803. The van der Waals surface area contributed by atoms with Crippen LogP contribution in [-0.2, 0) is 7.05 Å². The third-order valence-electron chi connectivity index (χ3n) is 3.97. The molecule has 0 saturated heterocycles. The quantitative estimate of drug-likeness (QED) is 0.755. The van der Waals surface area contributed by atoms with Crippen LogP contribution in [0.25, 0.3) is 11.0 Å². The molecule has 5 nitrogen and oxygen atoms in total. The van der Waals surface area contributed by atoms with E-state index < -0.39 is 6.10 Å². The van der Waals surface area contributed by atoms with Crippen LogP contribution in [0.3, 0.4) is 0 Å². The van der Waals surface area contributed by atoms with Gasteiger partial charge in [0.05, 0.1) is 23.2 Å². The molecule has 0 saturated carbocycles. The van der Waals surface area contributed by atoms with Crippen molar-refractivity contribution < 1.29 is 5.11 Å². The van der Waals surface area contributed by atoms with E-state index in [0.717, 1.165) is 22.4 Å². The van der Waals surface area contributed by atoms with Crippen molar-refractivity contribution in [3.05, 3.63) is 59.1 Å². The number of nitrogens with one attached hydrogen (secondary N) is 1. The first-order valence-corrected chi connectivity index (χ1v) is 7.87. The van der Waals surface area contributed by atoms with Gasteiger partial charge in [-0.05, 0) is 42.8 Å². The predicted molar refractivity (Wildman–Crippen MR) is 91.3 cm³/mol. The molecule has 0 radical (unpaired) electrons. The lowest BCUT2D eigenvalue weighted by molar-refractivity contribution is 0.170. The molecule has 23 heavy (non-hydrogen) atoms. The highest BCUT2D eigenvalue weighted by Crippen LogP contribution is 2.23. The number of aryl methyl sites for hydroxylation is 1. The van der Waals surface area contributed by atoms with Crippen LogP contribution < -0.4 is 5.32 Å². The lowest BCUT2D eigenvalue weighted by atomic mass is 10.1. The highest BCUT2D eigenvalue weighted by molar-refractivity contribution is 6.31. The molecule has 0 aliphatic heterocycles. The standard InChI is InChI=1S/C17H19ClN4O/c1-11(20-10-16(23)12-5-7-19-8-6-12)17-21-14-9-13(18)3-4-15(14)22(17)2/h3-9,11,16,20,23H,10H2,1-2H3. The molecule has 1 aromatic carbocycles. The summed E-state index contributed by atoms with van der Waals surface area (Å²) in [6, 6.07) is 9.32. The summed E-state index contributed by atoms with van der Waals surface area (Å²) in [5, 5.41) is 14.2. The van der Waals surface area contributed by atoms with Crippen molar-refractivity contribution in [3.63, 3.8) is 0 Å². The van der Waals surface area contributed by atoms with Gasteiger partial charge in [-0.1, -0.05) is 11.6 Å². The smallest absolute Gasteiger partial charge is 0.126 e. The predicted octanol–water partition coefficient (Wildman–Crippen LogP) is 3.01. The van der Waals surface area contributed by atoms with Crippen LogP contribution in [0, 0.1) is 0 Å². The molecule has 6 heteroatoms. The molecule has 0 aliphatic carbocycles. The monoisotopic (exact) mass is 330 g/mol. The number of aromatic nitrogens is 3. The van der Waals surface area contributed by atoms with Crippen molar-refractivity contribution >= 4 is 22.6 Å². The topological polar surface area (TPSA) is 63.0 Å². The minimum absolute atomic E-state index is 0.00247. The number of hydrogen-bond acceptors (Lipinski definition) is 4. The maximum Gasteiger partial charge on any atom is 0.126 e. The lowest BCUT2D eigenvalue weighted by Crippen LogP contribution is -2.26. The molecule has 120 valence electrons. The molecule has 3 aromatic rings. The summed E-state index contributed by atoms with van der Waals surface area (Å²) in [4.78, 5) is 8.61. The average Bonchev–Trinajstić information content (AvgIpc) is 2.89. The van der Waals surface area contributed by atoms with Gasteiger partial charge in [-0.25, -0.2) is 4.98 Å². The van der Waals surface area contributed by atoms with E-state index in [2.05, 4.69) is 15.3 Å². The van der Waals surface area contributed by atoms with Crippen LogP contribution in [0.4, 0.5) is 0 Å². The van der Waals surface area contributed by atoms with Gasteiger partial charge < -0.3 is 15.0 Å². The summed E-state index contributed by atoms with van der Waals surface area (Å²) >= 11 is 6.03. The lowest BCUT2D eigenvalue weighted by Gasteiger charge is -2.17. The first-order valence-electron chi connectivity index (χ1n) is 7.49. The van der Waals surface area contributed by atoms with Gasteiger partial charge in [0.15, 0.2) is 0 Å². The van der Waals surface area contributed by atoms with Crippen LogP contribution in [0.2, 0.25) is 5.02 Å². The Hall–Kier alpha value is -1.95. The Morgan fingerprint density at radius 1 is 1.26 bits per heavy atom. The van der Waals surface area contributed by atoms with E-state index in [1.54, 1.807) is 12.4 Å². The molecule has 2 heterocycles. The zero-order valence-corrected chi connectivity index (χ0v) is 13.8. The van der Waals surface area contributed by atoms with E-state index in [4.69, 9.17) is 11.6 Å². The van der Waals surface area contributed by atoms with Gasteiger partial charge in [0.1, 0.15) is 5.82 Å². The van der Waals surface area contributed by atoms with Gasteiger partial charge in [0, 0.05) is 31.0 Å². The molecular formula is C17H19ClN4O. The van der Waals surface area contributed by atoms with Gasteiger partial charge in [0.2, 0.25) is 0 Å². The van der Waals surface area contributed by atoms with Crippen molar-refractivity contribution in [2.45, 2.75) is 19.1 Å². The summed E-state index contributed by atoms with van der Waals surface area (Å²) in [6.07, 6.45) is 2.78. The van der Waals surface area contributed by atoms with Crippen LogP contribution in [0.5, 0.6) is 0 Å². The largest absolute Gasteiger partial charge is 0.387 e. The van der Waals surface area contributed by atoms with Gasteiger partial charge >= 0.3 is 0 Å². The van der Waals surface area contributed by atoms with Gasteiger partial charge in [-0.2, -0.15) is 0 Å².